The van der Waals surface area contributed by atoms with Gasteiger partial charge in [0.1, 0.15) is 5.65 Å². The van der Waals surface area contributed by atoms with E-state index < -0.39 is 0 Å². The van der Waals surface area contributed by atoms with E-state index in [9.17, 15) is 4.79 Å². The van der Waals surface area contributed by atoms with Gasteiger partial charge in [-0.25, -0.2) is 4.98 Å². The fraction of sp³-hybridized carbons (Fsp3) is 0.394. The summed E-state index contributed by atoms with van der Waals surface area (Å²) in [6, 6.07) is 14.8. The van der Waals surface area contributed by atoms with E-state index in [2.05, 4.69) is 65.8 Å². The second kappa shape index (κ2) is 10.7. The number of carbonyl (C=O) groups excluding carboxylic acids is 1. The van der Waals surface area contributed by atoms with Crippen LogP contribution in [0.15, 0.2) is 54.9 Å². The third-order valence-electron chi connectivity index (χ3n) is 8.64. The Morgan fingerprint density at radius 3 is 2.25 bits per heavy atom. The normalized spacial score (nSPS) is 16.9. The number of pyridine rings is 1. The van der Waals surface area contributed by atoms with Gasteiger partial charge in [-0.1, -0.05) is 12.1 Å². The van der Waals surface area contributed by atoms with E-state index in [1.807, 2.05) is 48.6 Å². The second-order valence-corrected chi connectivity index (χ2v) is 11.9. The summed E-state index contributed by atoms with van der Waals surface area (Å²) in [7, 11) is 6.22. The average molecular weight is 537 g/mol. The average Bonchev–Trinajstić information content (AvgIpc) is 3.36. The SMILES string of the molecule is Cc1cc(-c2cnc3[nH]cc(-c4ccc(C(=O)N(C)CC5CN(C)C5)cc4)c3c2)cc(C)c1N1CCN(C)CC1. The number of hydrogen-bond donors (Lipinski definition) is 1. The number of fused-ring (bicyclic) bond motifs is 1. The number of carbonyl (C=O) groups is 1. The van der Waals surface area contributed by atoms with Gasteiger partial charge in [0.25, 0.3) is 5.91 Å². The molecule has 1 amide bonds. The first-order chi connectivity index (χ1) is 19.3. The summed E-state index contributed by atoms with van der Waals surface area (Å²) in [5, 5.41) is 1.08. The van der Waals surface area contributed by atoms with Gasteiger partial charge in [-0.2, -0.15) is 0 Å². The topological polar surface area (TPSA) is 58.7 Å². The zero-order valence-corrected chi connectivity index (χ0v) is 24.4. The molecular weight excluding hydrogens is 496 g/mol. The van der Waals surface area contributed by atoms with Gasteiger partial charge in [-0.05, 0) is 80.5 Å². The number of nitrogens with one attached hydrogen (secondary N) is 1. The van der Waals surface area contributed by atoms with Gasteiger partial charge in [-0.3, -0.25) is 4.79 Å². The van der Waals surface area contributed by atoms with E-state index in [0.717, 1.165) is 79.1 Å². The first kappa shape index (κ1) is 26.5. The maximum Gasteiger partial charge on any atom is 0.253 e. The number of benzene rings is 2. The van der Waals surface area contributed by atoms with E-state index in [-0.39, 0.29) is 5.91 Å². The molecule has 2 saturated heterocycles. The summed E-state index contributed by atoms with van der Waals surface area (Å²) in [5.74, 6) is 0.649. The van der Waals surface area contributed by atoms with Crippen LogP contribution in [-0.4, -0.2) is 97.5 Å². The number of hydrogen-bond acceptors (Lipinski definition) is 5. The first-order valence-corrected chi connectivity index (χ1v) is 14.3. The van der Waals surface area contributed by atoms with Crippen molar-refractivity contribution in [1.82, 2.24) is 24.7 Å². The van der Waals surface area contributed by atoms with E-state index in [4.69, 9.17) is 4.98 Å². The van der Waals surface area contributed by atoms with Gasteiger partial charge in [0.15, 0.2) is 0 Å². The lowest BCUT2D eigenvalue weighted by Gasteiger charge is -2.38. The molecule has 2 aliphatic heterocycles. The number of likely N-dealkylation sites (N-methyl/N-ethyl adjacent to an activating group) is 1. The highest BCUT2D eigenvalue weighted by Gasteiger charge is 2.26. The first-order valence-electron chi connectivity index (χ1n) is 14.3. The zero-order valence-electron chi connectivity index (χ0n) is 24.4. The van der Waals surface area contributed by atoms with E-state index in [1.165, 1.54) is 22.4 Å². The van der Waals surface area contributed by atoms with Crippen molar-refractivity contribution in [3.8, 4) is 22.3 Å². The van der Waals surface area contributed by atoms with Crippen LogP contribution in [-0.2, 0) is 0 Å². The lowest BCUT2D eigenvalue weighted by atomic mass is 9.97. The molecule has 6 rings (SSSR count). The van der Waals surface area contributed by atoms with Gasteiger partial charge in [0, 0.05) is 98.9 Å². The molecule has 0 bridgehead atoms. The molecule has 2 fully saturated rings. The van der Waals surface area contributed by atoms with Gasteiger partial charge >= 0.3 is 0 Å². The Labute approximate surface area is 237 Å². The van der Waals surface area contributed by atoms with Crippen molar-refractivity contribution in [2.24, 2.45) is 5.92 Å². The largest absolute Gasteiger partial charge is 0.369 e. The Morgan fingerprint density at radius 2 is 1.60 bits per heavy atom. The Balaban J connectivity index is 1.24. The number of likely N-dealkylation sites (tertiary alicyclic amines) is 1. The molecule has 4 heterocycles. The van der Waals surface area contributed by atoms with Crippen LogP contribution in [0.3, 0.4) is 0 Å². The lowest BCUT2D eigenvalue weighted by molar-refractivity contribution is 0.0646. The van der Waals surface area contributed by atoms with Crippen molar-refractivity contribution < 1.29 is 4.79 Å². The maximum absolute atomic E-state index is 13.0. The summed E-state index contributed by atoms with van der Waals surface area (Å²) in [6.07, 6.45) is 3.98. The number of piperazine rings is 1. The highest BCUT2D eigenvalue weighted by Crippen LogP contribution is 2.35. The summed E-state index contributed by atoms with van der Waals surface area (Å²) >= 11 is 0. The summed E-state index contributed by atoms with van der Waals surface area (Å²) in [5.41, 5.74) is 10.0. The predicted octanol–water partition coefficient (Wildman–Crippen LogP) is 4.90. The van der Waals surface area contributed by atoms with E-state index >= 15 is 0 Å². The molecule has 2 aromatic carbocycles. The molecule has 2 aliphatic rings. The van der Waals surface area contributed by atoms with Crippen molar-refractivity contribution in [3.63, 3.8) is 0 Å². The van der Waals surface area contributed by atoms with E-state index in [1.54, 1.807) is 0 Å². The minimum Gasteiger partial charge on any atom is -0.369 e. The van der Waals surface area contributed by atoms with Crippen LogP contribution in [0.1, 0.15) is 21.5 Å². The standard InChI is InChI=1S/C33H40N6O/c1-22-14-27(15-23(2)31(22)39-12-10-36(3)11-13-39)28-16-29-30(18-35-32(29)34-17-28)25-6-8-26(9-7-25)33(40)38(5)21-24-19-37(4)20-24/h6-9,14-18,24H,10-13,19-21H2,1-5H3,(H,34,35). The molecule has 0 unspecified atom stereocenters. The Bertz CT molecular complexity index is 1500. The number of nitrogens with zero attached hydrogens (tertiary/aromatic N) is 5. The van der Waals surface area contributed by atoms with Crippen molar-refractivity contribution in [2.75, 3.05) is 71.9 Å². The molecule has 1 N–H and O–H groups in total. The molecule has 0 spiro atoms. The quantitative estimate of drug-likeness (QED) is 0.380. The van der Waals surface area contributed by atoms with Crippen LogP contribution in [0.5, 0.6) is 0 Å². The van der Waals surface area contributed by atoms with E-state index in [0.29, 0.717) is 5.92 Å². The van der Waals surface area contributed by atoms with Gasteiger partial charge < -0.3 is 24.6 Å². The highest BCUT2D eigenvalue weighted by molar-refractivity contribution is 5.98. The lowest BCUT2D eigenvalue weighted by Crippen LogP contribution is -2.49. The molecule has 40 heavy (non-hydrogen) atoms. The Hall–Kier alpha value is -3.68. The van der Waals surface area contributed by atoms with Crippen molar-refractivity contribution in [3.05, 3.63) is 71.5 Å². The maximum atomic E-state index is 13.0. The second-order valence-electron chi connectivity index (χ2n) is 11.9. The van der Waals surface area contributed by atoms with Crippen LogP contribution < -0.4 is 4.90 Å². The third-order valence-corrected chi connectivity index (χ3v) is 8.64. The number of aryl methyl sites for hydroxylation is 2. The predicted molar refractivity (Wildman–Crippen MR) is 164 cm³/mol. The molecule has 0 saturated carbocycles. The number of rotatable bonds is 6. The number of aromatic nitrogens is 2. The molecule has 0 aliphatic carbocycles. The fourth-order valence-corrected chi connectivity index (χ4v) is 6.48. The van der Waals surface area contributed by atoms with Crippen LogP contribution >= 0.6 is 0 Å². The van der Waals surface area contributed by atoms with Crippen LogP contribution in [0, 0.1) is 19.8 Å². The molecule has 4 aromatic rings. The Morgan fingerprint density at radius 1 is 0.925 bits per heavy atom. The third kappa shape index (κ3) is 5.11. The summed E-state index contributed by atoms with van der Waals surface area (Å²) in [6.45, 7) is 11.7. The molecule has 0 radical (unpaired) electrons. The van der Waals surface area contributed by atoms with Crippen LogP contribution in [0.4, 0.5) is 5.69 Å². The molecule has 0 atom stereocenters. The van der Waals surface area contributed by atoms with Crippen molar-refractivity contribution in [1.29, 1.82) is 0 Å². The van der Waals surface area contributed by atoms with Gasteiger partial charge in [0.2, 0.25) is 0 Å². The summed E-state index contributed by atoms with van der Waals surface area (Å²) in [4.78, 5) is 30.2. The van der Waals surface area contributed by atoms with Crippen LogP contribution in [0.25, 0.3) is 33.3 Å². The molecule has 208 valence electrons. The van der Waals surface area contributed by atoms with Gasteiger partial charge in [0.05, 0.1) is 0 Å². The minimum absolute atomic E-state index is 0.0785. The highest BCUT2D eigenvalue weighted by atomic mass is 16.2. The van der Waals surface area contributed by atoms with Crippen LogP contribution in [0.2, 0.25) is 0 Å². The number of H-pyrrole nitrogens is 1. The fourth-order valence-electron chi connectivity index (χ4n) is 6.48. The number of amides is 1. The number of aromatic amines is 1. The smallest absolute Gasteiger partial charge is 0.253 e. The van der Waals surface area contributed by atoms with Crippen molar-refractivity contribution in [2.45, 2.75) is 13.8 Å². The van der Waals surface area contributed by atoms with Gasteiger partial charge in [-0.15, -0.1) is 0 Å². The Kier molecular flexibility index (Phi) is 7.11. The minimum atomic E-state index is 0.0785. The molecule has 7 nitrogen and oxygen atoms in total. The van der Waals surface area contributed by atoms with Crippen molar-refractivity contribution >= 4 is 22.6 Å². The molecule has 7 heteroatoms. The molecular formula is C33H40N6O. The zero-order chi connectivity index (χ0) is 28.0. The molecule has 2 aromatic heterocycles. The summed E-state index contributed by atoms with van der Waals surface area (Å²) < 4.78 is 0. The number of anilines is 1. The monoisotopic (exact) mass is 536 g/mol.